The van der Waals surface area contributed by atoms with Gasteiger partial charge < -0.3 is 9.84 Å². The Hall–Kier alpha value is -3.68. The van der Waals surface area contributed by atoms with Gasteiger partial charge in [0.1, 0.15) is 17.0 Å². The summed E-state index contributed by atoms with van der Waals surface area (Å²) in [5.74, 6) is -0.144. The lowest BCUT2D eigenvalue weighted by Gasteiger charge is -2.11. The third-order valence-corrected chi connectivity index (χ3v) is 4.46. The van der Waals surface area contributed by atoms with Crippen LogP contribution in [-0.4, -0.2) is 16.0 Å². The second-order valence-electron chi connectivity index (χ2n) is 6.37. The van der Waals surface area contributed by atoms with Crippen LogP contribution in [0.2, 0.25) is 0 Å². The van der Waals surface area contributed by atoms with Crippen molar-refractivity contribution < 1.29 is 22.5 Å². The summed E-state index contributed by atoms with van der Waals surface area (Å²) in [7, 11) is 0. The number of nitrogens with zero attached hydrogens (tertiary/aromatic N) is 2. The number of benzene rings is 2. The number of amides is 1. The molecule has 2 aromatic heterocycles. The van der Waals surface area contributed by atoms with E-state index < -0.39 is 17.6 Å². The summed E-state index contributed by atoms with van der Waals surface area (Å²) in [5, 5.41) is 7.11. The summed E-state index contributed by atoms with van der Waals surface area (Å²) < 4.78 is 44.0. The maximum absolute atomic E-state index is 12.9. The van der Waals surface area contributed by atoms with Crippen LogP contribution < -0.4 is 5.32 Å². The van der Waals surface area contributed by atoms with Gasteiger partial charge in [0.2, 0.25) is 0 Å². The van der Waals surface area contributed by atoms with Crippen LogP contribution >= 0.6 is 0 Å². The highest BCUT2D eigenvalue weighted by molar-refractivity contribution is 6.11. The van der Waals surface area contributed by atoms with E-state index in [2.05, 4.69) is 15.5 Å². The Morgan fingerprint density at radius 1 is 1.07 bits per heavy atom. The summed E-state index contributed by atoms with van der Waals surface area (Å²) in [5.41, 5.74) is 1.02. The van der Waals surface area contributed by atoms with E-state index in [4.69, 9.17) is 4.52 Å². The lowest BCUT2D eigenvalue weighted by Crippen LogP contribution is -2.14. The molecule has 8 heteroatoms. The molecule has 2 aromatic carbocycles. The van der Waals surface area contributed by atoms with Crippen molar-refractivity contribution >= 4 is 22.5 Å². The Labute approximate surface area is 163 Å². The predicted molar refractivity (Wildman–Crippen MR) is 101 cm³/mol. The molecular formula is C21H14F3N3O2. The van der Waals surface area contributed by atoms with Crippen molar-refractivity contribution in [3.8, 4) is 11.3 Å². The van der Waals surface area contributed by atoms with E-state index in [9.17, 15) is 18.0 Å². The molecule has 2 heterocycles. The summed E-state index contributed by atoms with van der Waals surface area (Å²) in [6.45, 7) is 1.62. The van der Waals surface area contributed by atoms with Crippen molar-refractivity contribution in [2.45, 2.75) is 13.1 Å². The van der Waals surface area contributed by atoms with Gasteiger partial charge in [-0.05, 0) is 25.1 Å². The second kappa shape index (κ2) is 7.05. The molecule has 0 saturated carbocycles. The first kappa shape index (κ1) is 18.7. The smallest absolute Gasteiger partial charge is 0.360 e. The Morgan fingerprint density at radius 3 is 2.55 bits per heavy atom. The van der Waals surface area contributed by atoms with E-state index in [0.29, 0.717) is 28.1 Å². The number of rotatable bonds is 3. The van der Waals surface area contributed by atoms with Gasteiger partial charge in [-0.2, -0.15) is 13.2 Å². The number of aromatic nitrogens is 2. The number of anilines is 1. The third kappa shape index (κ3) is 3.56. The van der Waals surface area contributed by atoms with E-state index in [1.54, 1.807) is 19.1 Å². The highest BCUT2D eigenvalue weighted by Crippen LogP contribution is 2.33. The molecule has 5 nitrogen and oxygen atoms in total. The fraction of sp³-hybridized carbons (Fsp3) is 0.0952. The van der Waals surface area contributed by atoms with Crippen molar-refractivity contribution in [1.29, 1.82) is 0 Å². The minimum absolute atomic E-state index is 0.128. The first-order valence-corrected chi connectivity index (χ1v) is 8.63. The largest absolute Gasteiger partial charge is 0.416 e. The monoisotopic (exact) mass is 397 g/mol. The minimum Gasteiger partial charge on any atom is -0.360 e. The number of alkyl halides is 3. The molecule has 1 N–H and O–H groups in total. The number of halogens is 3. The number of fused-ring (bicyclic) bond motifs is 1. The predicted octanol–water partition coefficient (Wildman–Crippen LogP) is 5.47. The van der Waals surface area contributed by atoms with Gasteiger partial charge in [-0.25, -0.2) is 0 Å². The maximum Gasteiger partial charge on any atom is 0.416 e. The molecule has 146 valence electrons. The van der Waals surface area contributed by atoms with Gasteiger partial charge in [0.05, 0.1) is 16.8 Å². The molecule has 4 aromatic rings. The maximum atomic E-state index is 12.9. The molecular weight excluding hydrogens is 383 g/mol. The first-order valence-electron chi connectivity index (χ1n) is 8.63. The van der Waals surface area contributed by atoms with Crippen LogP contribution in [0.1, 0.15) is 21.7 Å². The lowest BCUT2D eigenvalue weighted by molar-refractivity contribution is -0.137. The highest BCUT2D eigenvalue weighted by Gasteiger charge is 2.31. The van der Waals surface area contributed by atoms with Crippen LogP contribution in [0.25, 0.3) is 22.2 Å². The number of aryl methyl sites for hydroxylation is 1. The summed E-state index contributed by atoms with van der Waals surface area (Å²) in [4.78, 5) is 16.9. The number of pyridine rings is 1. The average molecular weight is 397 g/mol. The zero-order chi connectivity index (χ0) is 20.6. The van der Waals surface area contributed by atoms with Crippen LogP contribution in [0.3, 0.4) is 0 Å². The molecule has 29 heavy (non-hydrogen) atoms. The zero-order valence-corrected chi connectivity index (χ0v) is 15.1. The van der Waals surface area contributed by atoms with E-state index in [1.165, 1.54) is 18.3 Å². The minimum atomic E-state index is -4.47. The quantitative estimate of drug-likeness (QED) is 0.498. The molecule has 0 spiro atoms. The van der Waals surface area contributed by atoms with E-state index in [0.717, 1.165) is 12.1 Å². The fourth-order valence-corrected chi connectivity index (χ4v) is 3.05. The van der Waals surface area contributed by atoms with Crippen LogP contribution in [0.15, 0.2) is 65.3 Å². The van der Waals surface area contributed by atoms with Crippen molar-refractivity contribution in [3.63, 3.8) is 0 Å². The van der Waals surface area contributed by atoms with Gasteiger partial charge in [0, 0.05) is 17.1 Å². The normalized spacial score (nSPS) is 11.6. The number of nitrogens with one attached hydrogen (secondary N) is 1. The molecule has 1 amide bonds. The molecule has 0 atom stereocenters. The van der Waals surface area contributed by atoms with Crippen molar-refractivity contribution in [3.05, 3.63) is 77.7 Å². The van der Waals surface area contributed by atoms with E-state index in [-0.39, 0.29) is 11.1 Å². The molecule has 0 fully saturated rings. The fourth-order valence-electron chi connectivity index (χ4n) is 3.05. The number of hydrogen-bond acceptors (Lipinski definition) is 4. The first-order chi connectivity index (χ1) is 13.8. The number of carbonyl (C=O) groups is 1. The average Bonchev–Trinajstić information content (AvgIpc) is 3.09. The van der Waals surface area contributed by atoms with Gasteiger partial charge in [0.15, 0.2) is 0 Å². The summed E-state index contributed by atoms with van der Waals surface area (Å²) in [6.07, 6.45) is -3.13. The SMILES string of the molecule is Cc1onc(-c2ccccc2)c1C(=O)Nc1ccnc2cc(C(F)(F)F)ccc12. The Morgan fingerprint density at radius 2 is 1.83 bits per heavy atom. The molecule has 0 unspecified atom stereocenters. The Balaban J connectivity index is 1.72. The summed E-state index contributed by atoms with van der Waals surface area (Å²) >= 11 is 0. The van der Waals surface area contributed by atoms with Crippen LogP contribution in [0.5, 0.6) is 0 Å². The number of hydrogen-bond donors (Lipinski definition) is 1. The van der Waals surface area contributed by atoms with E-state index >= 15 is 0 Å². The van der Waals surface area contributed by atoms with Gasteiger partial charge in [-0.3, -0.25) is 9.78 Å². The standard InChI is InChI=1S/C21H14F3N3O2/c1-12-18(19(27-29-12)13-5-3-2-4-6-13)20(28)26-16-9-10-25-17-11-14(21(22,23)24)7-8-15(16)17/h2-11H,1H3,(H,25,26,28). The molecule has 0 aliphatic rings. The molecule has 0 radical (unpaired) electrons. The van der Waals surface area contributed by atoms with Crippen LogP contribution in [-0.2, 0) is 6.18 Å². The molecule has 4 rings (SSSR count). The molecule has 0 saturated heterocycles. The third-order valence-electron chi connectivity index (χ3n) is 4.46. The van der Waals surface area contributed by atoms with Crippen LogP contribution in [0.4, 0.5) is 18.9 Å². The highest BCUT2D eigenvalue weighted by atomic mass is 19.4. The van der Waals surface area contributed by atoms with Crippen molar-refractivity contribution in [2.24, 2.45) is 0 Å². The Kier molecular flexibility index (Phi) is 4.54. The summed E-state index contributed by atoms with van der Waals surface area (Å²) in [6, 6.07) is 13.8. The van der Waals surface area contributed by atoms with Gasteiger partial charge in [-0.1, -0.05) is 41.6 Å². The lowest BCUT2D eigenvalue weighted by atomic mass is 10.1. The van der Waals surface area contributed by atoms with E-state index in [1.807, 2.05) is 18.2 Å². The molecule has 0 bridgehead atoms. The second-order valence-corrected chi connectivity index (χ2v) is 6.37. The van der Waals surface area contributed by atoms with Crippen molar-refractivity contribution in [1.82, 2.24) is 10.1 Å². The topological polar surface area (TPSA) is 68.0 Å². The molecule has 0 aliphatic carbocycles. The molecule has 0 aliphatic heterocycles. The van der Waals surface area contributed by atoms with Gasteiger partial charge in [-0.15, -0.1) is 0 Å². The Bertz CT molecular complexity index is 1200. The number of carbonyl (C=O) groups excluding carboxylic acids is 1. The van der Waals surface area contributed by atoms with Gasteiger partial charge in [0.25, 0.3) is 5.91 Å². The zero-order valence-electron chi connectivity index (χ0n) is 15.1. The van der Waals surface area contributed by atoms with Gasteiger partial charge >= 0.3 is 6.18 Å². The van der Waals surface area contributed by atoms with Crippen LogP contribution in [0, 0.1) is 6.92 Å². The van der Waals surface area contributed by atoms with Crippen molar-refractivity contribution in [2.75, 3.05) is 5.32 Å².